The smallest absolute Gasteiger partial charge is 0.328 e. The van der Waals surface area contributed by atoms with Crippen molar-refractivity contribution >= 4 is 34.1 Å². The number of carboxylic acids is 1. The molecule has 1 aromatic heterocycles. The van der Waals surface area contributed by atoms with Crippen LogP contribution in [0, 0.1) is 0 Å². The average Bonchev–Trinajstić information content (AvgIpc) is 3.42. The Labute approximate surface area is 234 Å². The van der Waals surface area contributed by atoms with Crippen LogP contribution in [0.5, 0.6) is 5.75 Å². The zero-order valence-corrected chi connectivity index (χ0v) is 22.6. The molecule has 1 atom stereocenters. The Morgan fingerprint density at radius 3 is 2.48 bits per heavy atom. The van der Waals surface area contributed by atoms with E-state index >= 15 is 0 Å². The van der Waals surface area contributed by atoms with Gasteiger partial charge in [-0.25, -0.2) is 9.48 Å². The number of hydrogen-bond donors (Lipinski definition) is 2. The number of aliphatic hydroxyl groups is 1. The number of carboxylic acid groups (broad SMARTS) is 1. The van der Waals surface area contributed by atoms with Gasteiger partial charge in [-0.05, 0) is 89.4 Å². The first-order valence-electron chi connectivity index (χ1n) is 13.8. The van der Waals surface area contributed by atoms with Crippen molar-refractivity contribution in [2.24, 2.45) is 0 Å². The zero-order chi connectivity index (χ0) is 27.9. The molecule has 4 aromatic rings. The van der Waals surface area contributed by atoms with Gasteiger partial charge in [-0.1, -0.05) is 49.4 Å². The lowest BCUT2D eigenvalue weighted by molar-refractivity contribution is -0.131. The number of ether oxygens (including phenoxy) is 2. The van der Waals surface area contributed by atoms with Gasteiger partial charge in [0.1, 0.15) is 12.4 Å². The van der Waals surface area contributed by atoms with Crippen molar-refractivity contribution in [1.29, 1.82) is 0 Å². The minimum Gasteiger partial charge on any atom is -0.491 e. The summed E-state index contributed by atoms with van der Waals surface area (Å²) in [5.74, 6) is -0.264. The summed E-state index contributed by atoms with van der Waals surface area (Å²) >= 11 is 0. The second-order valence-electron chi connectivity index (χ2n) is 9.78. The standard InChI is InChI=1S/C33H34N2O5/c1-2-29(24-11-14-28(15-12-24)39-20-18-36)33(25-9-6-23(7-10-25)8-17-32(37)38)26-13-16-30-27(21-26)22-34-35(30)31-5-3-4-19-40-31/h6-17,21-22,31,36H,2-5,18-20H2,1H3,(H,37,38)/b17-8?,33-29+. The molecule has 1 aliphatic rings. The third-order valence-electron chi connectivity index (χ3n) is 7.15. The molecular formula is C33H34N2O5. The highest BCUT2D eigenvalue weighted by atomic mass is 16.5. The van der Waals surface area contributed by atoms with Gasteiger partial charge in [0.25, 0.3) is 0 Å². The van der Waals surface area contributed by atoms with E-state index in [9.17, 15) is 4.79 Å². The number of aliphatic carboxylic acids is 1. The number of benzene rings is 3. The first kappa shape index (κ1) is 27.4. The first-order chi connectivity index (χ1) is 19.6. The maximum absolute atomic E-state index is 11.0. The van der Waals surface area contributed by atoms with E-state index in [1.54, 1.807) is 6.08 Å². The van der Waals surface area contributed by atoms with Crippen molar-refractivity contribution in [2.75, 3.05) is 19.8 Å². The van der Waals surface area contributed by atoms with Gasteiger partial charge in [-0.15, -0.1) is 0 Å². The minimum absolute atomic E-state index is 0.0312. The number of nitrogens with zero attached hydrogens (tertiary/aromatic N) is 2. The molecule has 7 nitrogen and oxygen atoms in total. The van der Waals surface area contributed by atoms with Crippen molar-refractivity contribution < 1.29 is 24.5 Å². The van der Waals surface area contributed by atoms with Crippen LogP contribution in [-0.4, -0.2) is 45.8 Å². The molecule has 2 N–H and O–H groups in total. The average molecular weight is 539 g/mol. The van der Waals surface area contributed by atoms with Crippen LogP contribution in [-0.2, 0) is 9.53 Å². The number of rotatable bonds is 10. The van der Waals surface area contributed by atoms with Gasteiger partial charge >= 0.3 is 5.97 Å². The first-order valence-corrected chi connectivity index (χ1v) is 13.8. The predicted octanol–water partition coefficient (Wildman–Crippen LogP) is 6.57. The molecule has 206 valence electrons. The molecule has 0 bridgehead atoms. The van der Waals surface area contributed by atoms with E-state index in [0.717, 1.165) is 77.1 Å². The van der Waals surface area contributed by atoms with Gasteiger partial charge in [0.2, 0.25) is 0 Å². The number of aliphatic hydroxyl groups excluding tert-OH is 1. The SMILES string of the molecule is CC/C(=C(/c1ccc(C=CC(=O)O)cc1)c1ccc2c(cnn2C2CCCCO2)c1)c1ccc(OCCO)cc1. The number of hydrogen-bond acceptors (Lipinski definition) is 5. The maximum Gasteiger partial charge on any atom is 0.328 e. The zero-order valence-electron chi connectivity index (χ0n) is 22.6. The fourth-order valence-corrected chi connectivity index (χ4v) is 5.24. The molecule has 5 rings (SSSR count). The molecule has 0 saturated carbocycles. The molecule has 0 amide bonds. The lowest BCUT2D eigenvalue weighted by Crippen LogP contribution is -2.18. The highest BCUT2D eigenvalue weighted by molar-refractivity contribution is 6.00. The molecule has 3 aromatic carbocycles. The maximum atomic E-state index is 11.0. The third-order valence-corrected chi connectivity index (χ3v) is 7.15. The largest absolute Gasteiger partial charge is 0.491 e. The fourth-order valence-electron chi connectivity index (χ4n) is 5.24. The van der Waals surface area contributed by atoms with Crippen LogP contribution in [0.3, 0.4) is 0 Å². The van der Waals surface area contributed by atoms with Crippen LogP contribution in [0.15, 0.2) is 79.0 Å². The lowest BCUT2D eigenvalue weighted by Gasteiger charge is -2.23. The predicted molar refractivity (Wildman–Crippen MR) is 157 cm³/mol. The summed E-state index contributed by atoms with van der Waals surface area (Å²) in [5, 5.41) is 23.8. The van der Waals surface area contributed by atoms with Crippen LogP contribution in [0.2, 0.25) is 0 Å². The molecule has 1 aliphatic heterocycles. The van der Waals surface area contributed by atoms with E-state index in [4.69, 9.17) is 19.7 Å². The molecule has 1 saturated heterocycles. The second kappa shape index (κ2) is 12.8. The summed E-state index contributed by atoms with van der Waals surface area (Å²) in [6.45, 7) is 3.13. The number of aromatic nitrogens is 2. The van der Waals surface area contributed by atoms with Crippen LogP contribution in [0.25, 0.3) is 28.1 Å². The monoisotopic (exact) mass is 538 g/mol. The number of allylic oxidation sites excluding steroid dienone is 1. The lowest BCUT2D eigenvalue weighted by atomic mass is 9.87. The van der Waals surface area contributed by atoms with E-state index < -0.39 is 5.97 Å². The molecule has 1 unspecified atom stereocenters. The van der Waals surface area contributed by atoms with Gasteiger partial charge in [-0.3, -0.25) is 0 Å². The summed E-state index contributed by atoms with van der Waals surface area (Å²) < 4.78 is 13.6. The number of carbonyl (C=O) groups is 1. The van der Waals surface area contributed by atoms with E-state index in [2.05, 4.69) is 30.2 Å². The highest BCUT2D eigenvalue weighted by Gasteiger charge is 2.20. The second-order valence-corrected chi connectivity index (χ2v) is 9.78. The molecule has 1 fully saturated rings. The van der Waals surface area contributed by atoms with Crippen LogP contribution in [0.1, 0.15) is 61.1 Å². The molecular weight excluding hydrogens is 504 g/mol. The van der Waals surface area contributed by atoms with Crippen molar-refractivity contribution in [2.45, 2.75) is 38.8 Å². The Kier molecular flexibility index (Phi) is 8.74. The number of fused-ring (bicyclic) bond motifs is 1. The Morgan fingerprint density at radius 2 is 1.80 bits per heavy atom. The van der Waals surface area contributed by atoms with Gasteiger partial charge in [0.15, 0.2) is 6.23 Å². The fraction of sp³-hybridized carbons (Fsp3) is 0.273. The molecule has 7 heteroatoms. The molecule has 0 spiro atoms. The third kappa shape index (κ3) is 6.17. The summed E-state index contributed by atoms with van der Waals surface area (Å²) in [7, 11) is 0. The summed E-state index contributed by atoms with van der Waals surface area (Å²) in [4.78, 5) is 11.0. The van der Waals surface area contributed by atoms with E-state index in [0.29, 0.717) is 5.75 Å². The van der Waals surface area contributed by atoms with E-state index in [-0.39, 0.29) is 19.4 Å². The Morgan fingerprint density at radius 1 is 1.05 bits per heavy atom. The van der Waals surface area contributed by atoms with Gasteiger partial charge in [0.05, 0.1) is 18.3 Å². The van der Waals surface area contributed by atoms with Gasteiger partial charge in [-0.2, -0.15) is 5.10 Å². The Balaban J connectivity index is 1.60. The molecule has 0 radical (unpaired) electrons. The van der Waals surface area contributed by atoms with Gasteiger partial charge in [0, 0.05) is 18.1 Å². The van der Waals surface area contributed by atoms with Crippen molar-refractivity contribution in [3.8, 4) is 5.75 Å². The summed E-state index contributed by atoms with van der Waals surface area (Å²) in [5.41, 5.74) is 7.32. The molecule has 40 heavy (non-hydrogen) atoms. The van der Waals surface area contributed by atoms with E-state index in [1.807, 2.05) is 59.4 Å². The topological polar surface area (TPSA) is 93.8 Å². The molecule has 2 heterocycles. The summed E-state index contributed by atoms with van der Waals surface area (Å²) in [6.07, 6.45) is 8.60. The van der Waals surface area contributed by atoms with Crippen molar-refractivity contribution in [3.05, 3.63) is 101 Å². The minimum atomic E-state index is -0.975. The molecule has 0 aliphatic carbocycles. The quantitative estimate of drug-likeness (QED) is 0.175. The van der Waals surface area contributed by atoms with Crippen molar-refractivity contribution in [3.63, 3.8) is 0 Å². The van der Waals surface area contributed by atoms with Crippen LogP contribution >= 0.6 is 0 Å². The van der Waals surface area contributed by atoms with E-state index in [1.165, 1.54) is 5.57 Å². The van der Waals surface area contributed by atoms with Crippen molar-refractivity contribution in [1.82, 2.24) is 9.78 Å². The van der Waals surface area contributed by atoms with Crippen LogP contribution < -0.4 is 4.74 Å². The van der Waals surface area contributed by atoms with Gasteiger partial charge < -0.3 is 19.7 Å². The summed E-state index contributed by atoms with van der Waals surface area (Å²) in [6, 6.07) is 22.3. The Hall–Kier alpha value is -4.20. The Bertz CT molecular complexity index is 1510. The van der Waals surface area contributed by atoms with Crippen LogP contribution in [0.4, 0.5) is 0 Å². The highest BCUT2D eigenvalue weighted by Crippen LogP contribution is 2.37. The normalized spacial score (nSPS) is 16.3.